The fraction of sp³-hybridized carbons (Fsp3) is 0.444. The number of ether oxygens (including phenoxy) is 1. The topological polar surface area (TPSA) is 70.8 Å². The Morgan fingerprint density at radius 1 is 1.20 bits per heavy atom. The van der Waals surface area contributed by atoms with Gasteiger partial charge in [0.2, 0.25) is 11.8 Å². The highest BCUT2D eigenvalue weighted by Crippen LogP contribution is 2.10. The van der Waals surface area contributed by atoms with Gasteiger partial charge in [-0.15, -0.1) is 0 Å². The number of para-hydroxylation sites is 1. The van der Waals surface area contributed by atoms with Gasteiger partial charge in [-0.05, 0) is 19.1 Å². The third-order valence-electron chi connectivity index (χ3n) is 4.14. The number of aryl methyl sites for hydroxylation is 1. The zero-order valence-corrected chi connectivity index (χ0v) is 14.5. The first-order valence-corrected chi connectivity index (χ1v) is 8.55. The summed E-state index contributed by atoms with van der Waals surface area (Å²) in [6.45, 7) is 7.37. The number of aromatic nitrogens is 1. The molecule has 0 aliphatic carbocycles. The van der Waals surface area contributed by atoms with Crippen LogP contribution in [0.1, 0.15) is 5.69 Å². The number of nitrogens with zero attached hydrogens (tertiary/aromatic N) is 3. The van der Waals surface area contributed by atoms with Gasteiger partial charge in [0.1, 0.15) is 12.4 Å². The highest BCUT2D eigenvalue weighted by atomic mass is 16.5. The summed E-state index contributed by atoms with van der Waals surface area (Å²) in [7, 11) is 0. The van der Waals surface area contributed by atoms with Crippen LogP contribution in [-0.2, 0) is 4.79 Å². The lowest BCUT2D eigenvalue weighted by atomic mass is 10.3. The number of carbonyl (C=O) groups is 1. The highest BCUT2D eigenvalue weighted by Gasteiger charge is 2.19. The van der Waals surface area contributed by atoms with E-state index in [9.17, 15) is 4.79 Å². The second-order valence-electron chi connectivity index (χ2n) is 6.16. The van der Waals surface area contributed by atoms with Crippen LogP contribution in [0.15, 0.2) is 40.9 Å². The number of piperazine rings is 1. The molecule has 1 fully saturated rings. The smallest absolute Gasteiger partial charge is 0.240 e. The first kappa shape index (κ1) is 17.4. The summed E-state index contributed by atoms with van der Waals surface area (Å²) in [5.41, 5.74) is 0.752. The third-order valence-corrected chi connectivity index (χ3v) is 4.14. The lowest BCUT2D eigenvalue weighted by molar-refractivity contribution is -0.117. The van der Waals surface area contributed by atoms with E-state index in [1.165, 1.54) is 0 Å². The molecule has 134 valence electrons. The highest BCUT2D eigenvalue weighted by molar-refractivity contribution is 5.90. The number of amides is 1. The van der Waals surface area contributed by atoms with Crippen molar-refractivity contribution in [1.29, 1.82) is 0 Å². The van der Waals surface area contributed by atoms with Gasteiger partial charge in [0.05, 0.1) is 12.2 Å². The summed E-state index contributed by atoms with van der Waals surface area (Å²) >= 11 is 0. The van der Waals surface area contributed by atoms with Gasteiger partial charge in [-0.3, -0.25) is 19.9 Å². The predicted octanol–water partition coefficient (Wildman–Crippen LogP) is 1.62. The van der Waals surface area contributed by atoms with Crippen LogP contribution in [0.25, 0.3) is 0 Å². The van der Waals surface area contributed by atoms with Gasteiger partial charge in [0, 0.05) is 38.8 Å². The molecule has 1 aliphatic rings. The van der Waals surface area contributed by atoms with Crippen LogP contribution in [0.5, 0.6) is 5.75 Å². The molecule has 2 heterocycles. The number of hydrogen-bond acceptors (Lipinski definition) is 6. The minimum atomic E-state index is -0.0722. The average molecular weight is 344 g/mol. The second-order valence-corrected chi connectivity index (χ2v) is 6.16. The molecule has 0 unspecified atom stereocenters. The molecule has 1 aromatic heterocycles. The van der Waals surface area contributed by atoms with Gasteiger partial charge in [-0.1, -0.05) is 23.4 Å². The molecule has 3 rings (SSSR count). The molecule has 1 saturated heterocycles. The maximum absolute atomic E-state index is 12.0. The molecule has 1 N–H and O–H groups in total. The van der Waals surface area contributed by atoms with E-state index in [0.29, 0.717) is 19.0 Å². The minimum Gasteiger partial charge on any atom is -0.492 e. The monoisotopic (exact) mass is 344 g/mol. The standard InChI is InChI=1S/C18H24N4O3/c1-15-13-18(25-20-15)19-17(23)14-22-9-7-21(8-10-22)11-12-24-16-5-3-2-4-6-16/h2-6,13H,7-12,14H2,1H3,(H,19,23). The molecule has 0 spiro atoms. The van der Waals surface area contributed by atoms with Crippen molar-refractivity contribution in [2.45, 2.75) is 6.92 Å². The van der Waals surface area contributed by atoms with Crippen LogP contribution in [-0.4, -0.2) is 66.7 Å². The van der Waals surface area contributed by atoms with Crippen LogP contribution in [0.3, 0.4) is 0 Å². The normalized spacial score (nSPS) is 15.9. The van der Waals surface area contributed by atoms with Crippen LogP contribution in [0, 0.1) is 6.92 Å². The number of benzene rings is 1. The van der Waals surface area contributed by atoms with Crippen molar-refractivity contribution in [3.05, 3.63) is 42.1 Å². The number of anilines is 1. The Hall–Kier alpha value is -2.38. The van der Waals surface area contributed by atoms with Crippen LogP contribution in [0.2, 0.25) is 0 Å². The van der Waals surface area contributed by atoms with E-state index in [-0.39, 0.29) is 5.91 Å². The fourth-order valence-corrected chi connectivity index (χ4v) is 2.78. The van der Waals surface area contributed by atoms with Crippen molar-refractivity contribution < 1.29 is 14.1 Å². The summed E-state index contributed by atoms with van der Waals surface area (Å²) in [4.78, 5) is 16.5. The molecule has 7 heteroatoms. The van der Waals surface area contributed by atoms with Crippen LogP contribution >= 0.6 is 0 Å². The molecule has 25 heavy (non-hydrogen) atoms. The molecular formula is C18H24N4O3. The summed E-state index contributed by atoms with van der Waals surface area (Å²) in [5, 5.41) is 6.49. The molecule has 7 nitrogen and oxygen atoms in total. The maximum Gasteiger partial charge on any atom is 0.240 e. The van der Waals surface area contributed by atoms with E-state index in [0.717, 1.165) is 44.2 Å². The van der Waals surface area contributed by atoms with Crippen molar-refractivity contribution in [3.8, 4) is 5.75 Å². The maximum atomic E-state index is 12.0. The number of rotatable bonds is 7. The Morgan fingerprint density at radius 2 is 1.92 bits per heavy atom. The first-order valence-electron chi connectivity index (χ1n) is 8.55. The first-order chi connectivity index (χ1) is 12.2. The van der Waals surface area contributed by atoms with Crippen molar-refractivity contribution in [1.82, 2.24) is 15.0 Å². The van der Waals surface area contributed by atoms with E-state index >= 15 is 0 Å². The molecule has 1 aromatic carbocycles. The molecular weight excluding hydrogens is 320 g/mol. The zero-order valence-electron chi connectivity index (χ0n) is 14.5. The zero-order chi connectivity index (χ0) is 17.5. The van der Waals surface area contributed by atoms with E-state index in [2.05, 4.69) is 20.3 Å². The molecule has 0 saturated carbocycles. The lowest BCUT2D eigenvalue weighted by Crippen LogP contribution is -2.49. The lowest BCUT2D eigenvalue weighted by Gasteiger charge is -2.34. The fourth-order valence-electron chi connectivity index (χ4n) is 2.78. The van der Waals surface area contributed by atoms with Crippen molar-refractivity contribution in [2.24, 2.45) is 0 Å². The molecule has 2 aromatic rings. The number of carbonyl (C=O) groups excluding carboxylic acids is 1. The number of nitrogens with one attached hydrogen (secondary N) is 1. The van der Waals surface area contributed by atoms with Gasteiger partial charge in [-0.25, -0.2) is 0 Å². The van der Waals surface area contributed by atoms with Gasteiger partial charge in [0.15, 0.2) is 0 Å². The van der Waals surface area contributed by atoms with Gasteiger partial charge in [-0.2, -0.15) is 0 Å². The Balaban J connectivity index is 1.32. The Kier molecular flexibility index (Phi) is 6.03. The van der Waals surface area contributed by atoms with E-state index in [1.54, 1.807) is 6.07 Å². The minimum absolute atomic E-state index is 0.0722. The predicted molar refractivity (Wildman–Crippen MR) is 94.7 cm³/mol. The third kappa shape index (κ3) is 5.58. The van der Waals surface area contributed by atoms with Crippen molar-refractivity contribution in [3.63, 3.8) is 0 Å². The number of hydrogen-bond donors (Lipinski definition) is 1. The Bertz CT molecular complexity index is 666. The largest absolute Gasteiger partial charge is 0.492 e. The summed E-state index contributed by atoms with van der Waals surface area (Å²) in [6.07, 6.45) is 0. The van der Waals surface area contributed by atoms with E-state index in [1.807, 2.05) is 37.3 Å². The van der Waals surface area contributed by atoms with Gasteiger partial charge >= 0.3 is 0 Å². The summed E-state index contributed by atoms with van der Waals surface area (Å²) in [5.74, 6) is 1.23. The van der Waals surface area contributed by atoms with Gasteiger partial charge < -0.3 is 9.26 Å². The molecule has 1 aliphatic heterocycles. The summed E-state index contributed by atoms with van der Waals surface area (Å²) < 4.78 is 10.7. The molecule has 0 atom stereocenters. The Labute approximate surface area is 147 Å². The summed E-state index contributed by atoms with van der Waals surface area (Å²) in [6, 6.07) is 11.6. The molecule has 1 amide bonds. The van der Waals surface area contributed by atoms with Crippen molar-refractivity contribution in [2.75, 3.05) is 51.2 Å². The molecule has 0 bridgehead atoms. The molecule has 0 radical (unpaired) electrons. The second kappa shape index (κ2) is 8.64. The van der Waals surface area contributed by atoms with E-state index < -0.39 is 0 Å². The van der Waals surface area contributed by atoms with Gasteiger partial charge in [0.25, 0.3) is 0 Å². The van der Waals surface area contributed by atoms with E-state index in [4.69, 9.17) is 9.26 Å². The Morgan fingerprint density at radius 3 is 2.60 bits per heavy atom. The SMILES string of the molecule is Cc1cc(NC(=O)CN2CCN(CCOc3ccccc3)CC2)on1. The quantitative estimate of drug-likeness (QED) is 0.823. The average Bonchev–Trinajstić information content (AvgIpc) is 3.02. The van der Waals surface area contributed by atoms with Crippen LogP contribution in [0.4, 0.5) is 5.88 Å². The van der Waals surface area contributed by atoms with Crippen molar-refractivity contribution >= 4 is 11.8 Å². The van der Waals surface area contributed by atoms with Crippen LogP contribution < -0.4 is 10.1 Å².